The van der Waals surface area contributed by atoms with E-state index in [4.69, 9.17) is 51.1 Å². The molecule has 0 saturated heterocycles. The van der Waals surface area contributed by atoms with Crippen molar-refractivity contribution in [3.63, 3.8) is 0 Å². The summed E-state index contributed by atoms with van der Waals surface area (Å²) in [5.41, 5.74) is 0. The summed E-state index contributed by atoms with van der Waals surface area (Å²) in [6.45, 7) is 0.622. The van der Waals surface area contributed by atoms with Crippen molar-refractivity contribution < 1.29 is 60.7 Å². The average Bonchev–Trinajstić information content (AvgIpc) is 2.58. The summed E-state index contributed by atoms with van der Waals surface area (Å²) in [6, 6.07) is 0. The molecule has 24 heavy (non-hydrogen) atoms. The van der Waals surface area contributed by atoms with Crippen molar-refractivity contribution in [1.29, 1.82) is 0 Å². The predicted molar refractivity (Wildman–Crippen MR) is 73.9 cm³/mol. The predicted octanol–water partition coefficient (Wildman–Crippen LogP) is -6.06. The molecular formula is C12H24O12. The van der Waals surface area contributed by atoms with Crippen LogP contribution in [0.25, 0.3) is 0 Å². The molecule has 5 unspecified atom stereocenters. The third-order valence-electron chi connectivity index (χ3n) is 2.98. The molecule has 0 aromatic rings. The van der Waals surface area contributed by atoms with Gasteiger partial charge in [-0.15, -0.1) is 0 Å². The third-order valence-corrected chi connectivity index (χ3v) is 2.98. The van der Waals surface area contributed by atoms with E-state index in [1.807, 2.05) is 0 Å². The van der Waals surface area contributed by atoms with Gasteiger partial charge in [-0.05, 0) is 6.42 Å². The molecular weight excluding hydrogens is 336 g/mol. The van der Waals surface area contributed by atoms with E-state index < -0.39 is 55.0 Å². The van der Waals surface area contributed by atoms with Crippen LogP contribution in [-0.2, 0) is 9.59 Å². The van der Waals surface area contributed by atoms with Gasteiger partial charge in [0.1, 0.15) is 30.5 Å². The van der Waals surface area contributed by atoms with Crippen LogP contribution >= 0.6 is 0 Å². The van der Waals surface area contributed by atoms with Crippen LogP contribution in [0.3, 0.4) is 0 Å². The van der Waals surface area contributed by atoms with Crippen LogP contribution in [-0.4, -0.2) is 112 Å². The van der Waals surface area contributed by atoms with Crippen molar-refractivity contribution in [3.05, 3.63) is 0 Å². The zero-order chi connectivity index (χ0) is 19.7. The van der Waals surface area contributed by atoms with Gasteiger partial charge in [-0.2, -0.15) is 0 Å². The summed E-state index contributed by atoms with van der Waals surface area (Å²) in [5, 5.41) is 87.5. The lowest BCUT2D eigenvalue weighted by Gasteiger charge is -2.33. The topological polar surface area (TPSA) is 236 Å². The molecule has 12 nitrogen and oxygen atoms in total. The Labute approximate surface area is 136 Å². The van der Waals surface area contributed by atoms with Crippen molar-refractivity contribution in [1.82, 2.24) is 0 Å². The Hall–Kier alpha value is -1.06. The van der Waals surface area contributed by atoms with Crippen molar-refractivity contribution in [2.45, 2.75) is 55.4 Å². The molecule has 0 aliphatic rings. The molecule has 0 spiro atoms. The quantitative estimate of drug-likeness (QED) is 0.136. The zero-order valence-electron chi connectivity index (χ0n) is 12.7. The van der Waals surface area contributed by atoms with Crippen LogP contribution in [0.1, 0.15) is 13.3 Å². The summed E-state index contributed by atoms with van der Waals surface area (Å²) < 4.78 is 0. The second kappa shape index (κ2) is 10.7. The minimum absolute atomic E-state index is 0.0258. The second-order valence-electron chi connectivity index (χ2n) is 4.85. The number of hydrogen-bond donors (Lipinski definition) is 10. The Morgan fingerprint density at radius 3 is 1.67 bits per heavy atom. The van der Waals surface area contributed by atoms with E-state index >= 15 is 0 Å². The first-order valence-corrected chi connectivity index (χ1v) is 6.66. The fraction of sp³-hybridized carbons (Fsp3) is 0.833. The SMILES string of the molecule is CCC(O)C(O)(O)C(O)(O)C=O.O=CC(O)C(O)C(O)C(O)CO. The van der Waals surface area contributed by atoms with Gasteiger partial charge in [0, 0.05) is 0 Å². The number of hydrogen-bond acceptors (Lipinski definition) is 12. The smallest absolute Gasteiger partial charge is 0.279 e. The van der Waals surface area contributed by atoms with Crippen molar-refractivity contribution in [2.75, 3.05) is 6.61 Å². The van der Waals surface area contributed by atoms with Crippen molar-refractivity contribution in [3.8, 4) is 0 Å². The van der Waals surface area contributed by atoms with Gasteiger partial charge in [0.15, 0.2) is 12.6 Å². The van der Waals surface area contributed by atoms with Gasteiger partial charge in [-0.25, -0.2) is 0 Å². The average molecular weight is 360 g/mol. The number of carbonyl (C=O) groups is 2. The van der Waals surface area contributed by atoms with Crippen LogP contribution in [0.2, 0.25) is 0 Å². The van der Waals surface area contributed by atoms with Gasteiger partial charge in [-0.3, -0.25) is 4.79 Å². The van der Waals surface area contributed by atoms with Gasteiger partial charge in [0.05, 0.1) is 6.61 Å². The Bertz CT molecular complexity index is 371. The van der Waals surface area contributed by atoms with E-state index in [1.54, 1.807) is 0 Å². The number of rotatable bonds is 9. The minimum atomic E-state index is -3.36. The highest BCUT2D eigenvalue weighted by molar-refractivity contribution is 5.61. The van der Waals surface area contributed by atoms with Crippen molar-refractivity contribution in [2.24, 2.45) is 0 Å². The molecule has 144 valence electrons. The first-order chi connectivity index (χ1) is 10.8. The van der Waals surface area contributed by atoms with Crippen LogP contribution in [0.15, 0.2) is 0 Å². The van der Waals surface area contributed by atoms with Gasteiger partial charge in [0.2, 0.25) is 0 Å². The molecule has 0 fully saturated rings. The standard InChI is InChI=1S/2C6H12O6/c7-1-3(9)5(11)6(12)4(10)2-8;1-2-4(8)6(11,12)5(9,10)3-7/h1,3-6,8-12H,2H2;3-4,8-12H,2H2,1H3. The molecule has 0 radical (unpaired) electrons. The van der Waals surface area contributed by atoms with Crippen LogP contribution in [0, 0.1) is 0 Å². The molecule has 0 aromatic carbocycles. The highest BCUT2D eigenvalue weighted by atomic mass is 16.6. The maximum Gasteiger partial charge on any atom is 0.279 e. The molecule has 12 heteroatoms. The van der Waals surface area contributed by atoms with Gasteiger partial charge in [0.25, 0.3) is 11.6 Å². The first-order valence-electron chi connectivity index (χ1n) is 6.66. The van der Waals surface area contributed by atoms with E-state index in [1.165, 1.54) is 6.92 Å². The summed E-state index contributed by atoms with van der Waals surface area (Å²) in [7, 11) is 0. The molecule has 0 saturated carbocycles. The summed E-state index contributed by atoms with van der Waals surface area (Å²) in [6.07, 6.45) is -9.25. The molecule has 0 aliphatic heterocycles. The lowest BCUT2D eigenvalue weighted by molar-refractivity contribution is -0.361. The molecule has 0 aromatic heterocycles. The third kappa shape index (κ3) is 6.82. The van der Waals surface area contributed by atoms with E-state index in [9.17, 15) is 9.59 Å². The zero-order valence-corrected chi connectivity index (χ0v) is 12.7. The fourth-order valence-electron chi connectivity index (χ4n) is 1.23. The lowest BCUT2D eigenvalue weighted by atomic mass is 9.99. The molecule has 0 aliphatic carbocycles. The molecule has 0 bridgehead atoms. The molecule has 0 rings (SSSR count). The maximum absolute atomic E-state index is 9.96. The Kier molecular flexibility index (Phi) is 11.3. The number of carbonyl (C=O) groups excluding carboxylic acids is 2. The van der Waals surface area contributed by atoms with E-state index in [0.717, 1.165) is 0 Å². The molecule has 0 amide bonds. The first kappa shape index (κ1) is 25.2. The summed E-state index contributed by atoms with van der Waals surface area (Å²) in [4.78, 5) is 19.9. The summed E-state index contributed by atoms with van der Waals surface area (Å²) >= 11 is 0. The van der Waals surface area contributed by atoms with Gasteiger partial charge < -0.3 is 55.9 Å². The second-order valence-corrected chi connectivity index (χ2v) is 4.85. The highest BCUT2D eigenvalue weighted by Crippen LogP contribution is 2.20. The number of aldehydes is 2. The molecule has 0 heterocycles. The number of aliphatic hydroxyl groups is 10. The molecule has 5 atom stereocenters. The van der Waals surface area contributed by atoms with E-state index in [-0.39, 0.29) is 12.7 Å². The monoisotopic (exact) mass is 360 g/mol. The largest absolute Gasteiger partial charge is 0.394 e. The van der Waals surface area contributed by atoms with Crippen LogP contribution < -0.4 is 0 Å². The van der Waals surface area contributed by atoms with Crippen LogP contribution in [0.5, 0.6) is 0 Å². The Morgan fingerprint density at radius 1 is 0.917 bits per heavy atom. The van der Waals surface area contributed by atoms with Gasteiger partial charge in [-0.1, -0.05) is 6.92 Å². The maximum atomic E-state index is 9.96. The number of aliphatic hydroxyl groups excluding tert-OH is 6. The fourth-order valence-corrected chi connectivity index (χ4v) is 1.23. The van der Waals surface area contributed by atoms with Gasteiger partial charge >= 0.3 is 0 Å². The Morgan fingerprint density at radius 2 is 1.38 bits per heavy atom. The highest BCUT2D eigenvalue weighted by Gasteiger charge is 2.52. The minimum Gasteiger partial charge on any atom is -0.394 e. The lowest BCUT2D eigenvalue weighted by Crippen LogP contribution is -2.62. The summed E-state index contributed by atoms with van der Waals surface area (Å²) in [5.74, 6) is -6.61. The van der Waals surface area contributed by atoms with Crippen molar-refractivity contribution >= 4 is 12.6 Å². The molecule has 10 N–H and O–H groups in total. The Balaban J connectivity index is 0. The normalized spacial score (nSPS) is 18.5. The van der Waals surface area contributed by atoms with E-state index in [2.05, 4.69) is 0 Å². The van der Waals surface area contributed by atoms with Crippen LogP contribution in [0.4, 0.5) is 0 Å². The van der Waals surface area contributed by atoms with E-state index in [0.29, 0.717) is 0 Å².